The fraction of sp³-hybridized carbons (Fsp3) is 0.154. The molecule has 3 aromatic carbocycles. The molecular weight excluding hydrogens is 699 g/mol. The summed E-state index contributed by atoms with van der Waals surface area (Å²) in [5, 5.41) is 4.89. The van der Waals surface area contributed by atoms with Crippen molar-refractivity contribution in [3.63, 3.8) is 0 Å². The zero-order valence-corrected chi connectivity index (χ0v) is 34.1. The van der Waals surface area contributed by atoms with Gasteiger partial charge in [0.25, 0.3) is 0 Å². The monoisotopic (exact) mass is 755 g/mol. The maximum absolute atomic E-state index is 5.48. The highest BCUT2D eigenvalue weighted by molar-refractivity contribution is 5.99. The number of methoxy groups -OCH3 is 2. The van der Waals surface area contributed by atoms with Gasteiger partial charge in [0.1, 0.15) is 5.75 Å². The Morgan fingerprint density at radius 3 is 2.23 bits per heavy atom. The van der Waals surface area contributed by atoms with Gasteiger partial charge in [-0.3, -0.25) is 0 Å². The molecular formula is C52H57N3O2. The standard InChI is InChI=1S/C42H40N2O2.C5H9N.C5H8/c1-6-7-8-9-17-35-39-25-33-20-19-32-24-36-28(2)22-30(31-14-11-16-34(23-31)46-5)15-12-21-43-41(36)26-37(32)38(33)27-42(39)44-40(35)18-10-13-29(3)45-4;1-2-3-4-5-6;1-3-5-4-2/h6-18,22-27,43-44H,1-2,19-21H2,3-5H3;2-5H,6H2,1H3;3-5H,1H2,2H3/b8-7+,15-12-,17-9+,18-10-,29-13+,30-22+;3-2-,5-4-;5-4-. The van der Waals surface area contributed by atoms with Crippen LogP contribution in [0.3, 0.4) is 0 Å². The van der Waals surface area contributed by atoms with Gasteiger partial charge in [-0.15, -0.1) is 0 Å². The van der Waals surface area contributed by atoms with Crippen LogP contribution < -0.4 is 15.8 Å². The Balaban J connectivity index is 0.000000577. The molecule has 2 heterocycles. The van der Waals surface area contributed by atoms with E-state index in [1.54, 1.807) is 32.4 Å². The lowest BCUT2D eigenvalue weighted by atomic mass is 9.82. The smallest absolute Gasteiger partial charge is 0.119 e. The maximum atomic E-state index is 5.48. The normalized spacial score (nSPS) is 15.4. The predicted molar refractivity (Wildman–Crippen MR) is 250 cm³/mol. The first-order chi connectivity index (χ1) is 27.8. The number of H-pyrrole nitrogens is 1. The van der Waals surface area contributed by atoms with Crippen LogP contribution in [-0.4, -0.2) is 25.7 Å². The number of fused-ring (bicyclic) bond motifs is 5. The van der Waals surface area contributed by atoms with Crippen LogP contribution in [0.5, 0.6) is 5.75 Å². The summed E-state index contributed by atoms with van der Waals surface area (Å²) in [6.45, 7) is 18.3. The second-order valence-electron chi connectivity index (χ2n) is 13.2. The van der Waals surface area contributed by atoms with Crippen molar-refractivity contribution in [1.82, 2.24) is 4.98 Å². The zero-order valence-electron chi connectivity index (χ0n) is 34.1. The average Bonchev–Trinajstić information content (AvgIpc) is 3.60. The molecule has 57 heavy (non-hydrogen) atoms. The minimum absolute atomic E-state index is 0.714. The highest BCUT2D eigenvalue weighted by Crippen LogP contribution is 2.42. The Labute approximate surface area is 340 Å². The van der Waals surface area contributed by atoms with Gasteiger partial charge in [-0.05, 0) is 139 Å². The van der Waals surface area contributed by atoms with Crippen molar-refractivity contribution < 1.29 is 9.47 Å². The molecule has 0 saturated heterocycles. The number of hydrogen-bond donors (Lipinski definition) is 3. The molecule has 6 rings (SSSR count). The Bertz CT molecular complexity index is 2300. The minimum Gasteiger partial charge on any atom is -0.501 e. The first kappa shape index (κ1) is 43.0. The van der Waals surface area contributed by atoms with E-state index < -0.39 is 0 Å². The van der Waals surface area contributed by atoms with E-state index in [4.69, 9.17) is 15.2 Å². The van der Waals surface area contributed by atoms with Crippen molar-refractivity contribution in [2.24, 2.45) is 5.73 Å². The Morgan fingerprint density at radius 1 is 0.807 bits per heavy atom. The molecule has 1 aromatic heterocycles. The second-order valence-corrected chi connectivity index (χ2v) is 13.2. The third-order valence-corrected chi connectivity index (χ3v) is 9.36. The zero-order chi connectivity index (χ0) is 41.0. The molecule has 0 spiro atoms. The van der Waals surface area contributed by atoms with Gasteiger partial charge >= 0.3 is 0 Å². The Kier molecular flexibility index (Phi) is 17.1. The van der Waals surface area contributed by atoms with Gasteiger partial charge in [-0.1, -0.05) is 111 Å². The summed E-state index contributed by atoms with van der Waals surface area (Å²) in [6, 6.07) is 17.5. The number of nitrogens with two attached hydrogens (primary N) is 1. The van der Waals surface area contributed by atoms with Gasteiger partial charge in [0, 0.05) is 40.0 Å². The molecule has 5 heteroatoms. The number of anilines is 1. The third kappa shape index (κ3) is 11.9. The van der Waals surface area contributed by atoms with E-state index in [0.29, 0.717) is 6.54 Å². The van der Waals surface area contributed by atoms with Crippen LogP contribution in [0.1, 0.15) is 54.3 Å². The molecule has 0 unspecified atom stereocenters. The quantitative estimate of drug-likeness (QED) is 0.111. The van der Waals surface area contributed by atoms with Crippen LogP contribution in [0.4, 0.5) is 5.69 Å². The highest BCUT2D eigenvalue weighted by atomic mass is 16.5. The number of ether oxygens (including phenoxy) is 2. The summed E-state index contributed by atoms with van der Waals surface area (Å²) in [4.78, 5) is 3.69. The van der Waals surface area contributed by atoms with Crippen molar-refractivity contribution in [3.05, 3.63) is 205 Å². The number of aryl methyl sites for hydroxylation is 2. The number of benzene rings is 3. The first-order valence-electron chi connectivity index (χ1n) is 19.2. The molecule has 0 amide bonds. The highest BCUT2D eigenvalue weighted by Gasteiger charge is 2.22. The number of aromatic nitrogens is 1. The van der Waals surface area contributed by atoms with Crippen LogP contribution in [0.15, 0.2) is 171 Å². The summed E-state index contributed by atoms with van der Waals surface area (Å²) in [5.41, 5.74) is 19.0. The van der Waals surface area contributed by atoms with E-state index in [9.17, 15) is 0 Å². The van der Waals surface area contributed by atoms with Crippen LogP contribution in [-0.2, 0) is 17.6 Å². The second kappa shape index (κ2) is 22.6. The predicted octanol–water partition coefficient (Wildman–Crippen LogP) is 13.1. The molecule has 2 aliphatic rings. The molecule has 1 aliphatic carbocycles. The number of hydrogen-bond acceptors (Lipinski definition) is 4. The van der Waals surface area contributed by atoms with E-state index in [1.165, 1.54) is 33.8 Å². The van der Waals surface area contributed by atoms with Gasteiger partial charge < -0.3 is 25.5 Å². The van der Waals surface area contributed by atoms with Gasteiger partial charge in [-0.25, -0.2) is 0 Å². The lowest BCUT2D eigenvalue weighted by Crippen LogP contribution is -2.08. The fourth-order valence-corrected chi connectivity index (χ4v) is 6.48. The summed E-state index contributed by atoms with van der Waals surface area (Å²) >= 11 is 0. The lowest BCUT2D eigenvalue weighted by molar-refractivity contribution is 0.294. The number of aromatic amines is 1. The lowest BCUT2D eigenvalue weighted by Gasteiger charge is -2.23. The Hall–Kier alpha value is -6.72. The fourth-order valence-electron chi connectivity index (χ4n) is 6.48. The van der Waals surface area contributed by atoms with Crippen LogP contribution >= 0.6 is 0 Å². The van der Waals surface area contributed by atoms with Crippen molar-refractivity contribution in [1.29, 1.82) is 0 Å². The molecule has 4 aromatic rings. The van der Waals surface area contributed by atoms with Crippen LogP contribution in [0, 0.1) is 0 Å². The van der Waals surface area contributed by atoms with Gasteiger partial charge in [0.15, 0.2) is 0 Å². The first-order valence-corrected chi connectivity index (χ1v) is 19.2. The molecule has 1 aliphatic heterocycles. The summed E-state index contributed by atoms with van der Waals surface area (Å²) in [6.07, 6.45) is 37.2. The van der Waals surface area contributed by atoms with E-state index in [0.717, 1.165) is 69.1 Å². The molecule has 0 atom stereocenters. The topological polar surface area (TPSA) is 72.3 Å². The molecule has 0 bridgehead atoms. The van der Waals surface area contributed by atoms with Crippen molar-refractivity contribution >= 4 is 39.9 Å². The molecule has 0 radical (unpaired) electrons. The SMILES string of the molecule is C/C=C\C=C/N.C=C/C=C/C=C/c1c(/C=C\C=C(/C)OC)[nH]c2cc3c(cc12)CCc1cc2c(cc1-3)NC/C=C\C(c1cccc(OC)c1)=C/C2=C.C=C/C=C\C. The average molecular weight is 756 g/mol. The Morgan fingerprint density at radius 2 is 1.56 bits per heavy atom. The van der Waals surface area contributed by atoms with Gasteiger partial charge in [0.2, 0.25) is 0 Å². The summed E-state index contributed by atoms with van der Waals surface area (Å²) < 4.78 is 10.8. The molecule has 0 saturated carbocycles. The van der Waals surface area contributed by atoms with Crippen LogP contribution in [0.25, 0.3) is 45.3 Å². The van der Waals surface area contributed by atoms with E-state index >= 15 is 0 Å². The minimum atomic E-state index is 0.714. The van der Waals surface area contributed by atoms with Gasteiger partial charge in [0.05, 0.1) is 20.0 Å². The largest absolute Gasteiger partial charge is 0.501 e. The van der Waals surface area contributed by atoms with Crippen molar-refractivity contribution in [3.8, 4) is 16.9 Å². The summed E-state index contributed by atoms with van der Waals surface area (Å²) in [7, 11) is 3.39. The molecule has 0 fully saturated rings. The third-order valence-electron chi connectivity index (χ3n) is 9.36. The van der Waals surface area contributed by atoms with Crippen molar-refractivity contribution in [2.75, 3.05) is 26.1 Å². The summed E-state index contributed by atoms with van der Waals surface area (Å²) in [5.74, 6) is 1.70. The van der Waals surface area contributed by atoms with Crippen molar-refractivity contribution in [2.45, 2.75) is 33.6 Å². The number of nitrogens with one attached hydrogen (secondary N) is 2. The van der Waals surface area contributed by atoms with E-state index in [2.05, 4.69) is 103 Å². The van der Waals surface area contributed by atoms with E-state index in [-0.39, 0.29) is 0 Å². The molecule has 292 valence electrons. The molecule has 4 N–H and O–H groups in total. The van der Waals surface area contributed by atoms with Gasteiger partial charge in [-0.2, -0.15) is 0 Å². The number of allylic oxidation sites excluding steroid dienone is 17. The maximum Gasteiger partial charge on any atom is 0.119 e. The van der Waals surface area contributed by atoms with E-state index in [1.807, 2.05) is 81.5 Å². The number of rotatable bonds is 10. The van der Waals surface area contributed by atoms with Crippen LogP contribution in [0.2, 0.25) is 0 Å². The molecule has 5 nitrogen and oxygen atoms in total.